The van der Waals surface area contributed by atoms with Crippen LogP contribution in [0.25, 0.3) is 0 Å². The first-order valence-corrected chi connectivity index (χ1v) is 8.03. The molecule has 20 heavy (non-hydrogen) atoms. The molecule has 1 aromatic rings. The predicted molar refractivity (Wildman–Crippen MR) is 80.8 cm³/mol. The molecule has 114 valence electrons. The zero-order valence-electron chi connectivity index (χ0n) is 12.6. The summed E-state index contributed by atoms with van der Waals surface area (Å²) in [6.45, 7) is 5.54. The summed E-state index contributed by atoms with van der Waals surface area (Å²) in [5.41, 5.74) is 6.01. The van der Waals surface area contributed by atoms with Gasteiger partial charge < -0.3 is 10.6 Å². The van der Waals surface area contributed by atoms with Gasteiger partial charge >= 0.3 is 0 Å². The molecule has 0 aromatic carbocycles. The van der Waals surface area contributed by atoms with E-state index in [-0.39, 0.29) is 16.5 Å². The molecule has 0 saturated carbocycles. The Balaban J connectivity index is 3.07. The largest absolute Gasteiger partial charge is 0.398 e. The van der Waals surface area contributed by atoms with Crippen LogP contribution >= 0.6 is 0 Å². The minimum atomic E-state index is -3.60. The molecule has 0 spiro atoms. The molecular weight excluding hydrogens is 276 g/mol. The maximum absolute atomic E-state index is 12.7. The van der Waals surface area contributed by atoms with E-state index in [4.69, 9.17) is 5.73 Å². The predicted octanol–water partition coefficient (Wildman–Crippen LogP) is 0.872. The van der Waals surface area contributed by atoms with Crippen LogP contribution in [0.1, 0.15) is 13.8 Å². The van der Waals surface area contributed by atoms with Gasteiger partial charge in [0, 0.05) is 32.0 Å². The molecule has 0 unspecified atom stereocenters. The number of nitrogens with zero attached hydrogens (tertiary/aromatic N) is 3. The van der Waals surface area contributed by atoms with Crippen LogP contribution in [0.2, 0.25) is 0 Å². The fourth-order valence-electron chi connectivity index (χ4n) is 1.77. The van der Waals surface area contributed by atoms with Gasteiger partial charge in [-0.25, -0.2) is 8.42 Å². The van der Waals surface area contributed by atoms with Crippen LogP contribution in [-0.4, -0.2) is 56.3 Å². The van der Waals surface area contributed by atoms with Crippen molar-refractivity contribution in [1.29, 1.82) is 0 Å². The summed E-state index contributed by atoms with van der Waals surface area (Å²) in [6.07, 6.45) is 2.80. The van der Waals surface area contributed by atoms with Gasteiger partial charge in [0.15, 0.2) is 0 Å². The Morgan fingerprint density at radius 2 is 1.95 bits per heavy atom. The van der Waals surface area contributed by atoms with Gasteiger partial charge in [0.1, 0.15) is 4.90 Å². The van der Waals surface area contributed by atoms with Gasteiger partial charge in [-0.3, -0.25) is 4.98 Å². The van der Waals surface area contributed by atoms with Gasteiger partial charge in [-0.1, -0.05) is 13.8 Å². The molecule has 1 heterocycles. The number of anilines is 1. The Labute approximate surface area is 121 Å². The summed E-state index contributed by atoms with van der Waals surface area (Å²) in [5, 5.41) is 0. The van der Waals surface area contributed by atoms with Crippen LogP contribution in [0.4, 0.5) is 5.69 Å². The number of nitrogen functional groups attached to an aromatic ring is 1. The highest BCUT2D eigenvalue weighted by Gasteiger charge is 2.27. The van der Waals surface area contributed by atoms with Gasteiger partial charge in [0.2, 0.25) is 10.0 Å². The smallest absolute Gasteiger partial charge is 0.246 e. The van der Waals surface area contributed by atoms with Crippen molar-refractivity contribution in [3.63, 3.8) is 0 Å². The van der Waals surface area contributed by atoms with Crippen molar-refractivity contribution in [2.24, 2.45) is 5.92 Å². The molecule has 2 N–H and O–H groups in total. The van der Waals surface area contributed by atoms with Gasteiger partial charge in [-0.05, 0) is 26.1 Å². The van der Waals surface area contributed by atoms with E-state index in [1.54, 1.807) is 0 Å². The second-order valence-corrected chi connectivity index (χ2v) is 7.38. The molecule has 0 radical (unpaired) electrons. The third kappa shape index (κ3) is 4.43. The van der Waals surface area contributed by atoms with Crippen molar-refractivity contribution in [3.8, 4) is 0 Å². The number of hydrogen-bond donors (Lipinski definition) is 1. The summed E-state index contributed by atoms with van der Waals surface area (Å²) in [6, 6.07) is 1.51. The van der Waals surface area contributed by atoms with Crippen LogP contribution in [0, 0.1) is 5.92 Å². The van der Waals surface area contributed by atoms with Crippen molar-refractivity contribution < 1.29 is 8.42 Å². The topological polar surface area (TPSA) is 79.5 Å². The van der Waals surface area contributed by atoms with E-state index in [2.05, 4.69) is 4.98 Å². The normalized spacial score (nSPS) is 12.6. The van der Waals surface area contributed by atoms with Crippen molar-refractivity contribution in [1.82, 2.24) is 14.2 Å². The third-order valence-corrected chi connectivity index (χ3v) is 4.71. The minimum absolute atomic E-state index is 0.0828. The molecule has 0 aliphatic heterocycles. The SMILES string of the molecule is CC(C)CN(CCN(C)C)S(=O)(=O)c1cnccc1N. The number of hydrogen-bond acceptors (Lipinski definition) is 5. The zero-order valence-corrected chi connectivity index (χ0v) is 13.4. The van der Waals surface area contributed by atoms with E-state index in [1.807, 2.05) is 32.8 Å². The molecule has 0 atom stereocenters. The standard InChI is InChI=1S/C13H24N4O2S/c1-11(2)10-17(8-7-16(3)4)20(18,19)13-9-15-6-5-12(13)14/h5-6,9,11H,7-8,10H2,1-4H3,(H2,14,15). The monoisotopic (exact) mass is 300 g/mol. The van der Waals surface area contributed by atoms with Crippen LogP contribution in [0.15, 0.2) is 23.4 Å². The average Bonchev–Trinajstić information content (AvgIpc) is 2.34. The number of rotatable bonds is 7. The fraction of sp³-hybridized carbons (Fsp3) is 0.615. The van der Waals surface area contributed by atoms with E-state index in [0.29, 0.717) is 19.6 Å². The molecule has 0 saturated heterocycles. The van der Waals surface area contributed by atoms with E-state index in [1.165, 1.54) is 22.8 Å². The van der Waals surface area contributed by atoms with Crippen LogP contribution in [0.5, 0.6) is 0 Å². The Bertz CT molecular complexity index is 529. The minimum Gasteiger partial charge on any atom is -0.398 e. The first kappa shape index (κ1) is 16.9. The molecule has 1 rings (SSSR count). The molecule has 0 bridgehead atoms. The average molecular weight is 300 g/mol. The summed E-state index contributed by atoms with van der Waals surface area (Å²) in [4.78, 5) is 5.91. The summed E-state index contributed by atoms with van der Waals surface area (Å²) >= 11 is 0. The molecule has 0 fully saturated rings. The Morgan fingerprint density at radius 1 is 1.30 bits per heavy atom. The first-order valence-electron chi connectivity index (χ1n) is 6.59. The lowest BCUT2D eigenvalue weighted by Gasteiger charge is -2.25. The van der Waals surface area contributed by atoms with Crippen LogP contribution in [0.3, 0.4) is 0 Å². The summed E-state index contributed by atoms with van der Waals surface area (Å²) in [5.74, 6) is 0.241. The molecular formula is C13H24N4O2S. The van der Waals surface area contributed by atoms with E-state index >= 15 is 0 Å². The second kappa shape index (κ2) is 7.01. The number of pyridine rings is 1. The molecule has 6 nitrogen and oxygen atoms in total. The third-order valence-electron chi connectivity index (χ3n) is 2.80. The highest BCUT2D eigenvalue weighted by Crippen LogP contribution is 2.21. The molecule has 0 amide bonds. The van der Waals surface area contributed by atoms with Gasteiger partial charge in [-0.15, -0.1) is 0 Å². The molecule has 0 aliphatic carbocycles. The first-order chi connectivity index (χ1) is 9.25. The van der Waals surface area contributed by atoms with E-state index in [0.717, 1.165) is 0 Å². The van der Waals surface area contributed by atoms with Crippen molar-refractivity contribution in [2.75, 3.05) is 39.5 Å². The second-order valence-electron chi connectivity index (χ2n) is 5.47. The Morgan fingerprint density at radius 3 is 2.45 bits per heavy atom. The van der Waals surface area contributed by atoms with Gasteiger partial charge in [0.05, 0.1) is 5.69 Å². The van der Waals surface area contributed by atoms with E-state index in [9.17, 15) is 8.42 Å². The number of aromatic nitrogens is 1. The van der Waals surface area contributed by atoms with Crippen LogP contribution < -0.4 is 5.73 Å². The summed E-state index contributed by atoms with van der Waals surface area (Å²) < 4.78 is 26.9. The highest BCUT2D eigenvalue weighted by molar-refractivity contribution is 7.89. The lowest BCUT2D eigenvalue weighted by Crippen LogP contribution is -2.39. The van der Waals surface area contributed by atoms with Crippen LogP contribution in [-0.2, 0) is 10.0 Å². The maximum atomic E-state index is 12.7. The molecule has 1 aromatic heterocycles. The van der Waals surface area contributed by atoms with Crippen molar-refractivity contribution in [3.05, 3.63) is 18.5 Å². The molecule has 7 heteroatoms. The van der Waals surface area contributed by atoms with Crippen molar-refractivity contribution in [2.45, 2.75) is 18.7 Å². The van der Waals surface area contributed by atoms with Gasteiger partial charge in [0.25, 0.3) is 0 Å². The number of likely N-dealkylation sites (N-methyl/N-ethyl adjacent to an activating group) is 1. The lowest BCUT2D eigenvalue weighted by molar-refractivity contribution is 0.312. The number of nitrogens with two attached hydrogens (primary N) is 1. The Kier molecular flexibility index (Phi) is 5.91. The maximum Gasteiger partial charge on any atom is 0.246 e. The lowest BCUT2D eigenvalue weighted by atomic mass is 10.2. The quantitative estimate of drug-likeness (QED) is 0.808. The van der Waals surface area contributed by atoms with Gasteiger partial charge in [-0.2, -0.15) is 4.31 Å². The highest BCUT2D eigenvalue weighted by atomic mass is 32.2. The number of sulfonamides is 1. The Hall–Kier alpha value is -1.18. The zero-order chi connectivity index (χ0) is 15.3. The van der Waals surface area contributed by atoms with Crippen molar-refractivity contribution >= 4 is 15.7 Å². The van der Waals surface area contributed by atoms with E-state index < -0.39 is 10.0 Å². The summed E-state index contributed by atoms with van der Waals surface area (Å²) in [7, 11) is 0.227. The fourth-order valence-corrected chi connectivity index (χ4v) is 3.43. The molecule has 0 aliphatic rings.